The number of benzene rings is 1. The number of hydrogen-bond acceptors (Lipinski definition) is 4. The second kappa shape index (κ2) is 7.64. The Morgan fingerprint density at radius 1 is 1.25 bits per heavy atom. The average molecular weight is 364 g/mol. The maximum Gasteiger partial charge on any atom is 0.225 e. The summed E-state index contributed by atoms with van der Waals surface area (Å²) < 4.78 is 0. The van der Waals surface area contributed by atoms with Crippen molar-refractivity contribution in [2.24, 2.45) is 5.92 Å². The molecule has 24 heavy (non-hydrogen) atoms. The van der Waals surface area contributed by atoms with Crippen molar-refractivity contribution >= 4 is 28.8 Å². The average Bonchev–Trinajstić information content (AvgIpc) is 3.03. The van der Waals surface area contributed by atoms with Crippen LogP contribution in [0.5, 0.6) is 0 Å². The lowest BCUT2D eigenvalue weighted by Gasteiger charge is -2.35. The van der Waals surface area contributed by atoms with Crippen LogP contribution >= 0.6 is 22.9 Å². The monoisotopic (exact) mass is 363 g/mol. The van der Waals surface area contributed by atoms with Gasteiger partial charge in [0.25, 0.3) is 0 Å². The fourth-order valence-corrected chi connectivity index (χ4v) is 3.99. The molecule has 0 N–H and O–H groups in total. The lowest BCUT2D eigenvalue weighted by Crippen LogP contribution is -2.49. The van der Waals surface area contributed by atoms with Crippen LogP contribution in [0.2, 0.25) is 5.02 Å². The van der Waals surface area contributed by atoms with E-state index in [1.165, 1.54) is 0 Å². The summed E-state index contributed by atoms with van der Waals surface area (Å²) in [6.45, 7) is 8.15. The fourth-order valence-electron chi connectivity index (χ4n) is 2.86. The summed E-state index contributed by atoms with van der Waals surface area (Å²) in [4.78, 5) is 21.1. The molecule has 1 aromatic carbocycles. The van der Waals surface area contributed by atoms with E-state index in [4.69, 9.17) is 16.6 Å². The first-order valence-electron chi connectivity index (χ1n) is 8.25. The predicted molar refractivity (Wildman–Crippen MR) is 99.3 cm³/mol. The Hall–Kier alpha value is -1.43. The van der Waals surface area contributed by atoms with Gasteiger partial charge in [-0.05, 0) is 6.07 Å². The van der Waals surface area contributed by atoms with Gasteiger partial charge in [-0.1, -0.05) is 43.6 Å². The molecule has 0 atom stereocenters. The van der Waals surface area contributed by atoms with E-state index < -0.39 is 0 Å². The number of carbonyl (C=O) groups excluding carboxylic acids is 1. The highest BCUT2D eigenvalue weighted by Gasteiger charge is 2.23. The van der Waals surface area contributed by atoms with Gasteiger partial charge >= 0.3 is 0 Å². The summed E-state index contributed by atoms with van der Waals surface area (Å²) in [7, 11) is 0. The van der Waals surface area contributed by atoms with Gasteiger partial charge < -0.3 is 4.90 Å². The third-order valence-electron chi connectivity index (χ3n) is 4.22. The van der Waals surface area contributed by atoms with Gasteiger partial charge in [-0.25, -0.2) is 4.98 Å². The van der Waals surface area contributed by atoms with E-state index in [9.17, 15) is 4.79 Å². The minimum absolute atomic E-state index is 0.0771. The Balaban J connectivity index is 1.59. The van der Waals surface area contributed by atoms with Crippen molar-refractivity contribution in [3.8, 4) is 10.6 Å². The molecular formula is C18H22ClN3OS. The van der Waals surface area contributed by atoms with Gasteiger partial charge in [0.15, 0.2) is 0 Å². The number of amides is 1. The first-order valence-corrected chi connectivity index (χ1v) is 9.51. The maximum absolute atomic E-state index is 12.0. The fraction of sp³-hybridized carbons (Fsp3) is 0.444. The Labute approximate surface area is 152 Å². The summed E-state index contributed by atoms with van der Waals surface area (Å²) in [6.07, 6.45) is 0. The topological polar surface area (TPSA) is 36.4 Å². The highest BCUT2D eigenvalue weighted by molar-refractivity contribution is 7.13. The van der Waals surface area contributed by atoms with E-state index in [2.05, 4.69) is 10.3 Å². The molecule has 6 heteroatoms. The Bertz CT molecular complexity index is 708. The maximum atomic E-state index is 12.0. The molecule has 0 spiro atoms. The van der Waals surface area contributed by atoms with Crippen molar-refractivity contribution in [3.05, 3.63) is 40.4 Å². The summed E-state index contributed by atoms with van der Waals surface area (Å²) in [5.41, 5.74) is 2.06. The van der Waals surface area contributed by atoms with Gasteiger partial charge in [-0.3, -0.25) is 9.69 Å². The van der Waals surface area contributed by atoms with Gasteiger partial charge in [-0.15, -0.1) is 11.3 Å². The van der Waals surface area contributed by atoms with Crippen molar-refractivity contribution in [2.45, 2.75) is 20.4 Å². The predicted octanol–water partition coefficient (Wildman–Crippen LogP) is 3.76. The Morgan fingerprint density at radius 2 is 1.96 bits per heavy atom. The molecule has 2 aromatic rings. The van der Waals surface area contributed by atoms with E-state index in [0.717, 1.165) is 54.0 Å². The second-order valence-electron chi connectivity index (χ2n) is 6.38. The van der Waals surface area contributed by atoms with Crippen LogP contribution < -0.4 is 0 Å². The number of thiazole rings is 1. The van der Waals surface area contributed by atoms with Gasteiger partial charge in [-0.2, -0.15) is 0 Å². The smallest absolute Gasteiger partial charge is 0.225 e. The van der Waals surface area contributed by atoms with Crippen LogP contribution in [0.4, 0.5) is 0 Å². The van der Waals surface area contributed by atoms with E-state index in [1.807, 2.05) is 43.0 Å². The van der Waals surface area contributed by atoms with Crippen LogP contribution in [-0.2, 0) is 11.3 Å². The van der Waals surface area contributed by atoms with Crippen LogP contribution in [0.25, 0.3) is 10.6 Å². The molecule has 0 radical (unpaired) electrons. The van der Waals surface area contributed by atoms with Crippen molar-refractivity contribution in [2.75, 3.05) is 26.2 Å². The zero-order valence-corrected chi connectivity index (χ0v) is 15.6. The molecule has 2 heterocycles. The summed E-state index contributed by atoms with van der Waals surface area (Å²) >= 11 is 7.88. The molecule has 3 rings (SSSR count). The number of halogens is 1. The van der Waals surface area contributed by atoms with E-state index >= 15 is 0 Å². The molecule has 1 aromatic heterocycles. The summed E-state index contributed by atoms with van der Waals surface area (Å²) in [6, 6.07) is 7.80. The highest BCUT2D eigenvalue weighted by atomic mass is 35.5. The van der Waals surface area contributed by atoms with Crippen LogP contribution in [-0.4, -0.2) is 46.9 Å². The molecule has 1 aliphatic heterocycles. The van der Waals surface area contributed by atoms with Crippen molar-refractivity contribution in [1.82, 2.24) is 14.8 Å². The number of rotatable bonds is 4. The van der Waals surface area contributed by atoms with Gasteiger partial charge in [0, 0.05) is 49.6 Å². The highest BCUT2D eigenvalue weighted by Crippen LogP contribution is 2.30. The van der Waals surface area contributed by atoms with Gasteiger partial charge in [0.1, 0.15) is 5.01 Å². The molecule has 0 aliphatic carbocycles. The van der Waals surface area contributed by atoms with Crippen LogP contribution in [0.15, 0.2) is 29.6 Å². The van der Waals surface area contributed by atoms with E-state index in [0.29, 0.717) is 0 Å². The first kappa shape index (κ1) is 17.4. The number of nitrogens with zero attached hydrogens (tertiary/aromatic N) is 3. The number of piperazine rings is 1. The van der Waals surface area contributed by atoms with Crippen LogP contribution in [0.3, 0.4) is 0 Å². The molecule has 1 saturated heterocycles. The minimum Gasteiger partial charge on any atom is -0.340 e. The minimum atomic E-state index is 0.0771. The van der Waals surface area contributed by atoms with Gasteiger partial charge in [0.05, 0.1) is 10.7 Å². The zero-order chi connectivity index (χ0) is 17.1. The molecule has 0 unspecified atom stereocenters. The summed E-state index contributed by atoms with van der Waals surface area (Å²) in [5, 5.41) is 3.80. The van der Waals surface area contributed by atoms with Crippen molar-refractivity contribution < 1.29 is 4.79 Å². The molecular weight excluding hydrogens is 342 g/mol. The van der Waals surface area contributed by atoms with Crippen molar-refractivity contribution in [1.29, 1.82) is 0 Å². The molecule has 0 bridgehead atoms. The number of aromatic nitrogens is 1. The SMILES string of the molecule is CC(C)C(=O)N1CCN(Cc2csc(-c3ccccc3Cl)n2)CC1. The third kappa shape index (κ3) is 3.97. The Kier molecular flexibility index (Phi) is 5.54. The van der Waals surface area contributed by atoms with Crippen LogP contribution in [0, 0.1) is 5.92 Å². The summed E-state index contributed by atoms with van der Waals surface area (Å²) in [5.74, 6) is 0.331. The van der Waals surface area contributed by atoms with Gasteiger partial charge in [0.2, 0.25) is 5.91 Å². The molecule has 1 aliphatic rings. The normalized spacial score (nSPS) is 15.9. The number of carbonyl (C=O) groups is 1. The second-order valence-corrected chi connectivity index (χ2v) is 7.65. The van der Waals surface area contributed by atoms with Crippen LogP contribution in [0.1, 0.15) is 19.5 Å². The molecule has 1 amide bonds. The molecule has 128 valence electrons. The van der Waals surface area contributed by atoms with E-state index in [-0.39, 0.29) is 11.8 Å². The molecule has 0 saturated carbocycles. The largest absolute Gasteiger partial charge is 0.340 e. The third-order valence-corrected chi connectivity index (χ3v) is 5.47. The molecule has 1 fully saturated rings. The lowest BCUT2D eigenvalue weighted by atomic mass is 10.1. The Morgan fingerprint density at radius 3 is 2.62 bits per heavy atom. The van der Waals surface area contributed by atoms with Crippen molar-refractivity contribution in [3.63, 3.8) is 0 Å². The number of hydrogen-bond donors (Lipinski definition) is 0. The first-order chi connectivity index (χ1) is 11.5. The quantitative estimate of drug-likeness (QED) is 0.829. The zero-order valence-electron chi connectivity index (χ0n) is 14.0. The van der Waals surface area contributed by atoms with E-state index in [1.54, 1.807) is 11.3 Å². The molecule has 4 nitrogen and oxygen atoms in total. The lowest BCUT2D eigenvalue weighted by molar-refractivity contribution is -0.136. The standard InChI is InChI=1S/C18H22ClN3OS/c1-13(2)18(23)22-9-7-21(8-10-22)11-14-12-24-17(20-14)15-5-3-4-6-16(15)19/h3-6,12-13H,7-11H2,1-2H3.